The second kappa shape index (κ2) is 5.82. The zero-order chi connectivity index (χ0) is 15.9. The Balaban J connectivity index is 1.60. The molecular formula is C21H23NO2. The summed E-state index contributed by atoms with van der Waals surface area (Å²) in [6, 6.07) is 16.1. The van der Waals surface area contributed by atoms with Gasteiger partial charge in [0.25, 0.3) is 0 Å². The molecule has 2 aromatic carbocycles. The minimum absolute atomic E-state index is 0.343. The molecule has 1 saturated heterocycles. The minimum atomic E-state index is 0.343. The van der Waals surface area contributed by atoms with Gasteiger partial charge in [0.1, 0.15) is 0 Å². The van der Waals surface area contributed by atoms with E-state index < -0.39 is 0 Å². The van der Waals surface area contributed by atoms with Gasteiger partial charge in [0.05, 0.1) is 0 Å². The van der Waals surface area contributed by atoms with Gasteiger partial charge in [-0.15, -0.1) is 0 Å². The SMILES string of the molecule is c1ccc2c(c1)CCC(N1CCCC1)C2c1ccc2c(c1)OCO2. The molecule has 1 fully saturated rings. The molecule has 0 amide bonds. The third-order valence-electron chi connectivity index (χ3n) is 5.85. The lowest BCUT2D eigenvalue weighted by molar-refractivity contribution is 0.173. The highest BCUT2D eigenvalue weighted by Gasteiger charge is 2.36. The van der Waals surface area contributed by atoms with Crippen molar-refractivity contribution >= 4 is 0 Å². The molecule has 2 aromatic rings. The third-order valence-corrected chi connectivity index (χ3v) is 5.85. The first-order valence-electron chi connectivity index (χ1n) is 9.11. The minimum Gasteiger partial charge on any atom is -0.454 e. The van der Waals surface area contributed by atoms with Gasteiger partial charge in [-0.2, -0.15) is 0 Å². The molecule has 0 N–H and O–H groups in total. The van der Waals surface area contributed by atoms with E-state index in [4.69, 9.17) is 9.47 Å². The van der Waals surface area contributed by atoms with Crippen molar-refractivity contribution in [2.24, 2.45) is 0 Å². The molecule has 1 aliphatic carbocycles. The van der Waals surface area contributed by atoms with Gasteiger partial charge in [-0.05, 0) is 67.6 Å². The fraction of sp³-hybridized carbons (Fsp3) is 0.429. The van der Waals surface area contributed by atoms with Crippen LogP contribution in [0.1, 0.15) is 41.9 Å². The van der Waals surface area contributed by atoms with E-state index in [0.717, 1.165) is 11.5 Å². The number of benzene rings is 2. The second-order valence-electron chi connectivity index (χ2n) is 7.14. The first kappa shape index (κ1) is 14.4. The predicted octanol–water partition coefficient (Wildman–Crippen LogP) is 3.96. The number of ether oxygens (including phenoxy) is 2. The van der Waals surface area contributed by atoms with Gasteiger partial charge < -0.3 is 9.47 Å². The topological polar surface area (TPSA) is 21.7 Å². The maximum Gasteiger partial charge on any atom is 0.231 e. The van der Waals surface area contributed by atoms with Crippen molar-refractivity contribution in [2.75, 3.05) is 19.9 Å². The van der Waals surface area contributed by atoms with Crippen LogP contribution in [0.15, 0.2) is 42.5 Å². The molecule has 3 aliphatic rings. The first-order chi connectivity index (χ1) is 11.9. The Hall–Kier alpha value is -2.00. The van der Waals surface area contributed by atoms with Crippen LogP contribution in [-0.2, 0) is 6.42 Å². The number of fused-ring (bicyclic) bond motifs is 2. The van der Waals surface area contributed by atoms with E-state index in [0.29, 0.717) is 18.8 Å². The summed E-state index contributed by atoms with van der Waals surface area (Å²) >= 11 is 0. The molecule has 2 unspecified atom stereocenters. The highest BCUT2D eigenvalue weighted by molar-refractivity contribution is 5.49. The molecule has 2 aliphatic heterocycles. The summed E-state index contributed by atoms with van der Waals surface area (Å²) < 4.78 is 11.1. The normalized spacial score (nSPS) is 25.7. The number of aryl methyl sites for hydroxylation is 1. The van der Waals surface area contributed by atoms with Gasteiger partial charge in [0.15, 0.2) is 11.5 Å². The van der Waals surface area contributed by atoms with E-state index in [1.165, 1.54) is 55.5 Å². The van der Waals surface area contributed by atoms with Gasteiger partial charge >= 0.3 is 0 Å². The van der Waals surface area contributed by atoms with E-state index in [2.05, 4.69) is 47.4 Å². The maximum absolute atomic E-state index is 5.64. The molecule has 3 heteroatoms. The van der Waals surface area contributed by atoms with Crippen LogP contribution in [0.5, 0.6) is 11.5 Å². The maximum atomic E-state index is 5.64. The summed E-state index contributed by atoms with van der Waals surface area (Å²) in [5, 5.41) is 0. The van der Waals surface area contributed by atoms with Crippen LogP contribution in [0, 0.1) is 0 Å². The molecule has 2 heterocycles. The molecule has 3 nitrogen and oxygen atoms in total. The number of hydrogen-bond donors (Lipinski definition) is 0. The molecule has 0 radical (unpaired) electrons. The zero-order valence-corrected chi connectivity index (χ0v) is 13.9. The van der Waals surface area contributed by atoms with Crippen molar-refractivity contribution < 1.29 is 9.47 Å². The Kier molecular flexibility index (Phi) is 3.48. The molecule has 0 saturated carbocycles. The molecule has 124 valence electrons. The molecule has 24 heavy (non-hydrogen) atoms. The zero-order valence-electron chi connectivity index (χ0n) is 13.9. The van der Waals surface area contributed by atoms with Crippen molar-refractivity contribution in [2.45, 2.75) is 37.6 Å². The first-order valence-corrected chi connectivity index (χ1v) is 9.11. The largest absolute Gasteiger partial charge is 0.454 e. The van der Waals surface area contributed by atoms with Crippen LogP contribution >= 0.6 is 0 Å². The second-order valence-corrected chi connectivity index (χ2v) is 7.14. The molecular weight excluding hydrogens is 298 g/mol. The predicted molar refractivity (Wildman–Crippen MR) is 93.8 cm³/mol. The quantitative estimate of drug-likeness (QED) is 0.836. The van der Waals surface area contributed by atoms with Crippen LogP contribution in [0.4, 0.5) is 0 Å². The van der Waals surface area contributed by atoms with E-state index in [1.807, 2.05) is 0 Å². The monoisotopic (exact) mass is 321 g/mol. The summed E-state index contributed by atoms with van der Waals surface area (Å²) in [5.74, 6) is 2.21. The smallest absolute Gasteiger partial charge is 0.231 e. The standard InChI is InChI=1S/C21H23NO2/c1-2-6-17-15(5-1)7-9-18(22-11-3-4-12-22)21(17)16-8-10-19-20(13-16)24-14-23-19/h1-2,5-6,8,10,13,18,21H,3-4,7,9,11-12,14H2. The van der Waals surface area contributed by atoms with E-state index in [-0.39, 0.29) is 0 Å². The average molecular weight is 321 g/mol. The molecule has 5 rings (SSSR count). The molecule has 2 atom stereocenters. The summed E-state index contributed by atoms with van der Waals surface area (Å²) in [5.41, 5.74) is 4.37. The third kappa shape index (κ3) is 2.30. The Morgan fingerprint density at radius 3 is 2.67 bits per heavy atom. The highest BCUT2D eigenvalue weighted by atomic mass is 16.7. The highest BCUT2D eigenvalue weighted by Crippen LogP contribution is 2.43. The summed E-state index contributed by atoms with van der Waals surface area (Å²) in [6.07, 6.45) is 5.12. The molecule has 0 spiro atoms. The Morgan fingerprint density at radius 1 is 0.917 bits per heavy atom. The van der Waals surface area contributed by atoms with Gasteiger partial charge in [-0.3, -0.25) is 4.90 Å². The van der Waals surface area contributed by atoms with Crippen molar-refractivity contribution in [1.82, 2.24) is 4.90 Å². The summed E-state index contributed by atoms with van der Waals surface area (Å²) in [6.45, 7) is 2.83. The number of nitrogens with zero attached hydrogens (tertiary/aromatic N) is 1. The van der Waals surface area contributed by atoms with Gasteiger partial charge in [-0.25, -0.2) is 0 Å². The van der Waals surface area contributed by atoms with Crippen molar-refractivity contribution in [3.63, 3.8) is 0 Å². The van der Waals surface area contributed by atoms with E-state index >= 15 is 0 Å². The van der Waals surface area contributed by atoms with Crippen molar-refractivity contribution in [3.8, 4) is 11.5 Å². The van der Waals surface area contributed by atoms with Gasteiger partial charge in [-0.1, -0.05) is 30.3 Å². The molecule has 0 bridgehead atoms. The van der Waals surface area contributed by atoms with E-state index in [9.17, 15) is 0 Å². The van der Waals surface area contributed by atoms with Gasteiger partial charge in [0, 0.05) is 12.0 Å². The Morgan fingerprint density at radius 2 is 1.75 bits per heavy atom. The number of rotatable bonds is 2. The average Bonchev–Trinajstić information content (AvgIpc) is 3.31. The lowest BCUT2D eigenvalue weighted by atomic mass is 9.75. The van der Waals surface area contributed by atoms with Crippen LogP contribution in [0.2, 0.25) is 0 Å². The van der Waals surface area contributed by atoms with Crippen LogP contribution < -0.4 is 9.47 Å². The van der Waals surface area contributed by atoms with Crippen LogP contribution in [0.25, 0.3) is 0 Å². The van der Waals surface area contributed by atoms with Crippen LogP contribution in [0.3, 0.4) is 0 Å². The molecule has 0 aromatic heterocycles. The summed E-state index contributed by atoms with van der Waals surface area (Å²) in [7, 11) is 0. The fourth-order valence-corrected chi connectivity index (χ4v) is 4.72. The fourth-order valence-electron chi connectivity index (χ4n) is 4.72. The lowest BCUT2D eigenvalue weighted by Gasteiger charge is -2.39. The Bertz CT molecular complexity index is 751. The lowest BCUT2D eigenvalue weighted by Crippen LogP contribution is -2.41. The van der Waals surface area contributed by atoms with Crippen molar-refractivity contribution in [1.29, 1.82) is 0 Å². The number of likely N-dealkylation sites (tertiary alicyclic amines) is 1. The van der Waals surface area contributed by atoms with E-state index in [1.54, 1.807) is 0 Å². The van der Waals surface area contributed by atoms with Crippen LogP contribution in [-0.4, -0.2) is 30.8 Å². The Labute approximate surface area is 143 Å². The van der Waals surface area contributed by atoms with Crippen molar-refractivity contribution in [3.05, 3.63) is 59.2 Å². The van der Waals surface area contributed by atoms with Gasteiger partial charge in [0.2, 0.25) is 6.79 Å². The summed E-state index contributed by atoms with van der Waals surface area (Å²) in [4.78, 5) is 2.71. The number of hydrogen-bond acceptors (Lipinski definition) is 3.